The maximum Gasteiger partial charge on any atom is 0.414 e. The Morgan fingerprint density at radius 3 is 2.82 bits per heavy atom. The van der Waals surface area contributed by atoms with Crippen molar-refractivity contribution in [1.29, 1.82) is 0 Å². The Kier molecular flexibility index (Phi) is 3.14. The van der Waals surface area contributed by atoms with Crippen LogP contribution in [0.5, 0.6) is 0 Å². The third kappa shape index (κ3) is 2.31. The van der Waals surface area contributed by atoms with Crippen LogP contribution in [0.15, 0.2) is 18.2 Å². The first kappa shape index (κ1) is 11.7. The summed E-state index contributed by atoms with van der Waals surface area (Å²) in [5.41, 5.74) is 0.325. The van der Waals surface area contributed by atoms with E-state index >= 15 is 0 Å². The van der Waals surface area contributed by atoms with E-state index in [9.17, 15) is 14.9 Å². The smallest absolute Gasteiger partial charge is 0.414 e. The summed E-state index contributed by atoms with van der Waals surface area (Å²) in [6.45, 7) is 0.885. The summed E-state index contributed by atoms with van der Waals surface area (Å²) in [5.74, 6) is 0. The first-order valence-electron chi connectivity index (χ1n) is 4.98. The van der Waals surface area contributed by atoms with Crippen LogP contribution in [-0.4, -0.2) is 24.2 Å². The molecule has 2 rings (SSSR count). The van der Waals surface area contributed by atoms with Crippen molar-refractivity contribution in [3.8, 4) is 0 Å². The maximum absolute atomic E-state index is 11.5. The number of benzene rings is 1. The number of hydrogen-bond acceptors (Lipinski definition) is 4. The van der Waals surface area contributed by atoms with E-state index in [1.165, 1.54) is 23.1 Å². The zero-order valence-corrected chi connectivity index (χ0v) is 9.51. The zero-order chi connectivity index (χ0) is 12.4. The lowest BCUT2D eigenvalue weighted by atomic mass is 10.2. The van der Waals surface area contributed by atoms with Crippen LogP contribution in [0.3, 0.4) is 0 Å². The molecule has 0 atom stereocenters. The third-order valence-electron chi connectivity index (χ3n) is 2.40. The summed E-state index contributed by atoms with van der Waals surface area (Å²) in [6.07, 6.45) is 0.228. The molecule has 1 aromatic rings. The number of halogens is 1. The fraction of sp³-hybridized carbons (Fsp3) is 0.300. The fourth-order valence-electron chi connectivity index (χ4n) is 1.60. The second-order valence-corrected chi connectivity index (χ2v) is 3.92. The van der Waals surface area contributed by atoms with Gasteiger partial charge in [0.25, 0.3) is 5.69 Å². The highest BCUT2D eigenvalue weighted by Gasteiger charge is 2.24. The number of nitro benzene ring substituents is 1. The summed E-state index contributed by atoms with van der Waals surface area (Å²) < 4.78 is 4.87. The first-order chi connectivity index (χ1) is 8.09. The van der Waals surface area contributed by atoms with Crippen molar-refractivity contribution in [3.05, 3.63) is 33.3 Å². The van der Waals surface area contributed by atoms with Crippen LogP contribution < -0.4 is 4.90 Å². The average Bonchev–Trinajstić information content (AvgIpc) is 2.30. The van der Waals surface area contributed by atoms with Crippen LogP contribution in [0.4, 0.5) is 16.2 Å². The first-order valence-corrected chi connectivity index (χ1v) is 5.35. The van der Waals surface area contributed by atoms with E-state index in [1.54, 1.807) is 0 Å². The van der Waals surface area contributed by atoms with E-state index in [0.717, 1.165) is 0 Å². The lowest BCUT2D eigenvalue weighted by molar-refractivity contribution is -0.384. The molecule has 0 bridgehead atoms. The quantitative estimate of drug-likeness (QED) is 0.602. The van der Waals surface area contributed by atoms with Gasteiger partial charge in [-0.1, -0.05) is 11.6 Å². The van der Waals surface area contributed by atoms with E-state index < -0.39 is 11.0 Å². The highest BCUT2D eigenvalue weighted by atomic mass is 35.5. The molecule has 1 aliphatic rings. The van der Waals surface area contributed by atoms with Crippen molar-refractivity contribution in [2.24, 2.45) is 0 Å². The Morgan fingerprint density at radius 2 is 2.24 bits per heavy atom. The molecular formula is C10H9ClN2O4. The number of carbonyl (C=O) groups is 1. The van der Waals surface area contributed by atoms with Crippen LogP contribution in [0.1, 0.15) is 6.42 Å². The van der Waals surface area contributed by atoms with Crippen molar-refractivity contribution in [2.75, 3.05) is 18.1 Å². The minimum atomic E-state index is -0.538. The molecule has 90 valence electrons. The van der Waals surface area contributed by atoms with Crippen molar-refractivity contribution >= 4 is 29.1 Å². The molecule has 0 aliphatic carbocycles. The highest BCUT2D eigenvalue weighted by molar-refractivity contribution is 6.34. The molecule has 0 aromatic heterocycles. The number of carbonyl (C=O) groups excluding carboxylic acids is 1. The van der Waals surface area contributed by atoms with Gasteiger partial charge >= 0.3 is 6.09 Å². The van der Waals surface area contributed by atoms with Crippen LogP contribution in [0.2, 0.25) is 5.02 Å². The number of rotatable bonds is 2. The van der Waals surface area contributed by atoms with Crippen LogP contribution in [-0.2, 0) is 4.74 Å². The van der Waals surface area contributed by atoms with E-state index in [4.69, 9.17) is 16.3 Å². The molecule has 1 heterocycles. The van der Waals surface area contributed by atoms with Crippen molar-refractivity contribution in [2.45, 2.75) is 6.42 Å². The number of non-ortho nitro benzene ring substituents is 1. The second kappa shape index (κ2) is 4.58. The predicted molar refractivity (Wildman–Crippen MR) is 61.4 cm³/mol. The van der Waals surface area contributed by atoms with Gasteiger partial charge in [0.1, 0.15) is 0 Å². The Labute approximate surface area is 102 Å². The standard InChI is InChI=1S/C10H9ClN2O4/c11-8-6-7(13(15)16)2-3-9(8)12-4-1-5-17-10(12)14/h2-3,6H,1,4-5H2. The predicted octanol–water partition coefficient (Wildman–Crippen LogP) is 2.59. The summed E-state index contributed by atoms with van der Waals surface area (Å²) in [6, 6.07) is 3.98. The number of nitro groups is 1. The molecule has 17 heavy (non-hydrogen) atoms. The van der Waals surface area contributed by atoms with E-state index in [1.807, 2.05) is 0 Å². The zero-order valence-electron chi connectivity index (χ0n) is 8.76. The second-order valence-electron chi connectivity index (χ2n) is 3.51. The third-order valence-corrected chi connectivity index (χ3v) is 2.71. The molecule has 6 nitrogen and oxygen atoms in total. The van der Waals surface area contributed by atoms with Crippen molar-refractivity contribution in [1.82, 2.24) is 0 Å². The molecule has 0 spiro atoms. The normalized spacial score (nSPS) is 15.6. The Morgan fingerprint density at radius 1 is 1.47 bits per heavy atom. The van der Waals surface area contributed by atoms with Gasteiger partial charge in [-0.15, -0.1) is 0 Å². The number of anilines is 1. The fourth-order valence-corrected chi connectivity index (χ4v) is 1.88. The minimum Gasteiger partial charge on any atom is -0.449 e. The van der Waals surface area contributed by atoms with Gasteiger partial charge < -0.3 is 4.74 Å². The highest BCUT2D eigenvalue weighted by Crippen LogP contribution is 2.31. The van der Waals surface area contributed by atoms with Gasteiger partial charge in [0, 0.05) is 18.7 Å². The molecule has 1 fully saturated rings. The Bertz CT molecular complexity index is 477. The van der Waals surface area contributed by atoms with Crippen LogP contribution in [0.25, 0.3) is 0 Å². The molecule has 1 aliphatic heterocycles. The number of cyclic esters (lactones) is 1. The summed E-state index contributed by atoms with van der Waals surface area (Å²) in [5, 5.41) is 10.7. The topological polar surface area (TPSA) is 72.7 Å². The molecule has 0 radical (unpaired) electrons. The van der Waals surface area contributed by atoms with Gasteiger partial charge in [0.15, 0.2) is 0 Å². The molecule has 1 aromatic carbocycles. The molecule has 7 heteroatoms. The Hall–Kier alpha value is -1.82. The van der Waals surface area contributed by atoms with Crippen molar-refractivity contribution in [3.63, 3.8) is 0 Å². The lowest BCUT2D eigenvalue weighted by Gasteiger charge is -2.26. The number of amides is 1. The van der Waals surface area contributed by atoms with Crippen LogP contribution in [0, 0.1) is 10.1 Å². The minimum absolute atomic E-state index is 0.107. The molecule has 0 N–H and O–H groups in total. The number of ether oxygens (including phenoxy) is 1. The van der Waals surface area contributed by atoms with Gasteiger partial charge in [0.2, 0.25) is 0 Å². The number of hydrogen-bond donors (Lipinski definition) is 0. The summed E-state index contributed by atoms with van der Waals surface area (Å²) in [7, 11) is 0. The van der Waals surface area contributed by atoms with E-state index in [2.05, 4.69) is 0 Å². The largest absolute Gasteiger partial charge is 0.449 e. The Balaban J connectivity index is 2.32. The maximum atomic E-state index is 11.5. The van der Waals surface area contributed by atoms with Gasteiger partial charge in [0.05, 0.1) is 22.2 Å². The van der Waals surface area contributed by atoms with Crippen molar-refractivity contribution < 1.29 is 14.5 Å². The SMILES string of the molecule is O=C1OCCCN1c1ccc([N+](=O)[O-])cc1Cl. The van der Waals surface area contributed by atoms with E-state index in [0.29, 0.717) is 25.3 Å². The van der Waals surface area contributed by atoms with Crippen LogP contribution >= 0.6 is 11.6 Å². The average molecular weight is 257 g/mol. The lowest BCUT2D eigenvalue weighted by Crippen LogP contribution is -2.37. The van der Waals surface area contributed by atoms with Gasteiger partial charge in [-0.2, -0.15) is 0 Å². The van der Waals surface area contributed by atoms with Gasteiger partial charge in [-0.3, -0.25) is 15.0 Å². The molecule has 1 amide bonds. The summed E-state index contributed by atoms with van der Waals surface area (Å²) >= 11 is 5.92. The van der Waals surface area contributed by atoms with Gasteiger partial charge in [-0.05, 0) is 12.5 Å². The number of nitrogens with zero attached hydrogens (tertiary/aromatic N) is 2. The molecule has 0 saturated carbocycles. The van der Waals surface area contributed by atoms with E-state index in [-0.39, 0.29) is 10.7 Å². The monoisotopic (exact) mass is 256 g/mol. The molecule has 0 unspecified atom stereocenters. The summed E-state index contributed by atoms with van der Waals surface area (Å²) in [4.78, 5) is 22.9. The molecule has 1 saturated heterocycles. The molecular weight excluding hydrogens is 248 g/mol. The van der Waals surface area contributed by atoms with Gasteiger partial charge in [-0.25, -0.2) is 4.79 Å².